The van der Waals surface area contributed by atoms with Crippen LogP contribution in [0.15, 0.2) is 6.20 Å². The fraction of sp³-hybridized carbons (Fsp3) is 0.727. The fourth-order valence-electron chi connectivity index (χ4n) is 2.12. The number of methoxy groups -OCH3 is 1. The van der Waals surface area contributed by atoms with E-state index < -0.39 is 0 Å². The second kappa shape index (κ2) is 4.33. The fourth-order valence-corrected chi connectivity index (χ4v) is 2.12. The average molecular weight is 223 g/mol. The number of nitrogens with zero attached hydrogens (tertiary/aromatic N) is 3. The maximum atomic E-state index is 11.8. The molecule has 0 aromatic carbocycles. The Morgan fingerprint density at radius 3 is 2.81 bits per heavy atom. The van der Waals surface area contributed by atoms with E-state index in [0.29, 0.717) is 12.8 Å². The van der Waals surface area contributed by atoms with Crippen molar-refractivity contribution in [1.29, 1.82) is 0 Å². The molecule has 0 unspecified atom stereocenters. The van der Waals surface area contributed by atoms with E-state index >= 15 is 0 Å². The van der Waals surface area contributed by atoms with Crippen molar-refractivity contribution in [1.82, 2.24) is 15.0 Å². The third kappa shape index (κ3) is 2.29. The van der Waals surface area contributed by atoms with Gasteiger partial charge in [0.15, 0.2) is 0 Å². The Labute approximate surface area is 94.8 Å². The van der Waals surface area contributed by atoms with Crippen LogP contribution in [0.1, 0.15) is 31.4 Å². The van der Waals surface area contributed by atoms with Crippen LogP contribution in [0, 0.1) is 0 Å². The summed E-state index contributed by atoms with van der Waals surface area (Å²) in [6.07, 6.45) is 5.79. The summed E-state index contributed by atoms with van der Waals surface area (Å²) in [5.74, 6) is 0.182. The Morgan fingerprint density at radius 1 is 1.62 bits per heavy atom. The van der Waals surface area contributed by atoms with Crippen molar-refractivity contribution in [2.24, 2.45) is 7.05 Å². The lowest BCUT2D eigenvalue weighted by atomic mass is 9.76. The molecule has 1 aliphatic rings. The van der Waals surface area contributed by atoms with Gasteiger partial charge in [-0.3, -0.25) is 9.48 Å². The molecule has 1 saturated carbocycles. The van der Waals surface area contributed by atoms with E-state index in [4.69, 9.17) is 4.74 Å². The van der Waals surface area contributed by atoms with Gasteiger partial charge in [-0.25, -0.2) is 0 Å². The SMILES string of the molecule is COC1(CC(=O)Cc2cn(C)nn2)CCC1. The number of carbonyl (C=O) groups excluding carboxylic acids is 1. The van der Waals surface area contributed by atoms with Crippen molar-refractivity contribution in [2.75, 3.05) is 7.11 Å². The number of hydrogen-bond acceptors (Lipinski definition) is 4. The zero-order valence-corrected chi connectivity index (χ0v) is 9.77. The number of rotatable bonds is 5. The second-order valence-electron chi connectivity index (χ2n) is 4.52. The quantitative estimate of drug-likeness (QED) is 0.743. The first-order chi connectivity index (χ1) is 7.63. The summed E-state index contributed by atoms with van der Waals surface area (Å²) < 4.78 is 7.03. The van der Waals surface area contributed by atoms with Crippen LogP contribution in [0.3, 0.4) is 0 Å². The largest absolute Gasteiger partial charge is 0.378 e. The molecule has 0 amide bonds. The van der Waals surface area contributed by atoms with Gasteiger partial charge in [0.1, 0.15) is 5.78 Å². The highest BCUT2D eigenvalue weighted by molar-refractivity contribution is 5.81. The topological polar surface area (TPSA) is 57.0 Å². The Balaban J connectivity index is 1.89. The van der Waals surface area contributed by atoms with Crippen molar-refractivity contribution in [3.63, 3.8) is 0 Å². The lowest BCUT2D eigenvalue weighted by Gasteiger charge is -2.40. The molecule has 1 fully saturated rings. The Hall–Kier alpha value is -1.23. The number of hydrogen-bond donors (Lipinski definition) is 0. The lowest BCUT2D eigenvalue weighted by Crippen LogP contribution is -2.41. The van der Waals surface area contributed by atoms with Gasteiger partial charge in [0.25, 0.3) is 0 Å². The number of carbonyl (C=O) groups is 1. The molecule has 1 aromatic rings. The number of ketones is 1. The number of Topliss-reactive ketones (excluding diaryl/α,β-unsaturated/α-hetero) is 1. The minimum absolute atomic E-state index is 0.181. The van der Waals surface area contributed by atoms with Gasteiger partial charge in [-0.2, -0.15) is 0 Å². The molecule has 88 valence electrons. The van der Waals surface area contributed by atoms with E-state index in [1.807, 2.05) is 0 Å². The summed E-state index contributed by atoms with van der Waals surface area (Å²) in [6, 6.07) is 0. The molecule has 5 heteroatoms. The maximum absolute atomic E-state index is 11.8. The third-order valence-electron chi connectivity index (χ3n) is 3.25. The lowest BCUT2D eigenvalue weighted by molar-refractivity contribution is -0.131. The smallest absolute Gasteiger partial charge is 0.141 e. The monoisotopic (exact) mass is 223 g/mol. The highest BCUT2D eigenvalue weighted by atomic mass is 16.5. The predicted octanol–water partition coefficient (Wildman–Crippen LogP) is 0.886. The van der Waals surface area contributed by atoms with Crippen LogP contribution in [0.5, 0.6) is 0 Å². The van der Waals surface area contributed by atoms with Gasteiger partial charge in [0, 0.05) is 26.8 Å². The molecule has 0 saturated heterocycles. The van der Waals surface area contributed by atoms with E-state index in [-0.39, 0.29) is 11.4 Å². The molecule has 1 aromatic heterocycles. The van der Waals surface area contributed by atoms with Crippen LogP contribution < -0.4 is 0 Å². The van der Waals surface area contributed by atoms with E-state index in [2.05, 4.69) is 10.3 Å². The van der Waals surface area contributed by atoms with Gasteiger partial charge in [0.2, 0.25) is 0 Å². The van der Waals surface area contributed by atoms with Gasteiger partial charge in [-0.05, 0) is 19.3 Å². The molecule has 5 nitrogen and oxygen atoms in total. The van der Waals surface area contributed by atoms with Gasteiger partial charge in [-0.1, -0.05) is 5.21 Å². The number of aryl methyl sites for hydroxylation is 1. The van der Waals surface area contributed by atoms with Crippen molar-refractivity contribution < 1.29 is 9.53 Å². The highest BCUT2D eigenvalue weighted by Crippen LogP contribution is 2.38. The molecule has 0 spiro atoms. The van der Waals surface area contributed by atoms with Crippen molar-refractivity contribution in [3.8, 4) is 0 Å². The average Bonchev–Trinajstić information content (AvgIpc) is 2.57. The van der Waals surface area contributed by atoms with Crippen LogP contribution >= 0.6 is 0 Å². The van der Waals surface area contributed by atoms with E-state index in [1.165, 1.54) is 0 Å². The molecule has 2 rings (SSSR count). The predicted molar refractivity (Wildman–Crippen MR) is 57.9 cm³/mol. The van der Waals surface area contributed by atoms with E-state index in [9.17, 15) is 4.79 Å². The number of aromatic nitrogens is 3. The summed E-state index contributed by atoms with van der Waals surface area (Å²) in [5.41, 5.74) is 0.553. The summed E-state index contributed by atoms with van der Waals surface area (Å²) in [5, 5.41) is 7.71. The normalized spacial score (nSPS) is 18.1. The summed E-state index contributed by atoms with van der Waals surface area (Å²) in [4.78, 5) is 11.8. The molecular formula is C11H17N3O2. The van der Waals surface area contributed by atoms with Gasteiger partial charge < -0.3 is 4.74 Å². The van der Waals surface area contributed by atoms with Crippen LogP contribution in [0.25, 0.3) is 0 Å². The molecule has 1 aliphatic carbocycles. The molecule has 0 bridgehead atoms. The molecule has 0 aliphatic heterocycles. The molecular weight excluding hydrogens is 206 g/mol. The Morgan fingerprint density at radius 2 is 2.38 bits per heavy atom. The van der Waals surface area contributed by atoms with Crippen LogP contribution in [0.2, 0.25) is 0 Å². The van der Waals surface area contributed by atoms with Crippen LogP contribution in [0.4, 0.5) is 0 Å². The summed E-state index contributed by atoms with van der Waals surface area (Å²) in [6.45, 7) is 0. The standard InChI is InChI=1S/C11H17N3O2/c1-14-8-9(12-13-14)6-10(15)7-11(16-2)4-3-5-11/h8H,3-7H2,1-2H3. The van der Waals surface area contributed by atoms with E-state index in [1.54, 1.807) is 25.0 Å². The van der Waals surface area contributed by atoms with Crippen molar-refractivity contribution in [2.45, 2.75) is 37.7 Å². The first-order valence-electron chi connectivity index (χ1n) is 5.56. The molecule has 0 radical (unpaired) electrons. The third-order valence-corrected chi connectivity index (χ3v) is 3.25. The van der Waals surface area contributed by atoms with Gasteiger partial charge >= 0.3 is 0 Å². The Kier molecular flexibility index (Phi) is 3.05. The second-order valence-corrected chi connectivity index (χ2v) is 4.52. The minimum Gasteiger partial charge on any atom is -0.378 e. The molecule has 1 heterocycles. The van der Waals surface area contributed by atoms with Crippen molar-refractivity contribution >= 4 is 5.78 Å². The minimum atomic E-state index is -0.181. The van der Waals surface area contributed by atoms with E-state index in [0.717, 1.165) is 25.0 Å². The van der Waals surface area contributed by atoms with Crippen LogP contribution in [-0.2, 0) is 23.0 Å². The zero-order chi connectivity index (χ0) is 11.6. The Bertz CT molecular complexity index is 377. The molecule has 16 heavy (non-hydrogen) atoms. The molecule has 0 N–H and O–H groups in total. The zero-order valence-electron chi connectivity index (χ0n) is 9.77. The van der Waals surface area contributed by atoms with Crippen molar-refractivity contribution in [3.05, 3.63) is 11.9 Å². The molecule has 0 atom stereocenters. The first kappa shape index (κ1) is 11.3. The van der Waals surface area contributed by atoms with Gasteiger partial charge in [-0.15, -0.1) is 5.10 Å². The summed E-state index contributed by atoms with van der Waals surface area (Å²) >= 11 is 0. The maximum Gasteiger partial charge on any atom is 0.141 e. The number of ether oxygens (including phenoxy) is 1. The highest BCUT2D eigenvalue weighted by Gasteiger charge is 2.38. The van der Waals surface area contributed by atoms with Crippen LogP contribution in [-0.4, -0.2) is 33.5 Å². The summed E-state index contributed by atoms with van der Waals surface area (Å²) in [7, 11) is 3.48. The van der Waals surface area contributed by atoms with Gasteiger partial charge in [0.05, 0.1) is 17.7 Å². The first-order valence-corrected chi connectivity index (χ1v) is 5.56.